The Morgan fingerprint density at radius 1 is 1.33 bits per heavy atom. The number of hydrogen-bond donors (Lipinski definition) is 2. The van der Waals surface area contributed by atoms with Crippen molar-refractivity contribution < 1.29 is 28.2 Å². The highest BCUT2D eigenvalue weighted by Gasteiger charge is 2.32. The monoisotopic (exact) mass is 307 g/mol. The number of hydrogen-bond acceptors (Lipinski definition) is 3. The lowest BCUT2D eigenvalue weighted by atomic mass is 10.0. The molecule has 1 unspecified atom stereocenters. The van der Waals surface area contributed by atoms with Crippen LogP contribution >= 0.6 is 0 Å². The van der Waals surface area contributed by atoms with Gasteiger partial charge in [-0.15, -0.1) is 6.58 Å². The molecule has 0 aliphatic carbocycles. The lowest BCUT2D eigenvalue weighted by Crippen LogP contribution is -2.44. The van der Waals surface area contributed by atoms with Gasteiger partial charge in [0, 0.05) is 12.8 Å². The van der Waals surface area contributed by atoms with E-state index in [0.29, 0.717) is 0 Å². The first-order chi connectivity index (χ1) is 9.47. The Labute approximate surface area is 123 Å². The van der Waals surface area contributed by atoms with Crippen molar-refractivity contribution in [1.29, 1.82) is 0 Å². The second kappa shape index (κ2) is 7.95. The molecule has 5 nitrogen and oxygen atoms in total. The van der Waals surface area contributed by atoms with Crippen LogP contribution in [-0.2, 0) is 9.53 Å². The predicted octanol–water partition coefficient (Wildman–Crippen LogP) is 3.35. The minimum atomic E-state index is -2.99. The van der Waals surface area contributed by atoms with Crippen LogP contribution in [0.5, 0.6) is 0 Å². The highest BCUT2D eigenvalue weighted by Crippen LogP contribution is 2.27. The molecular formula is C14H23F2NO4. The Hall–Kier alpha value is -1.66. The third kappa shape index (κ3) is 9.81. The minimum absolute atomic E-state index is 0.143. The van der Waals surface area contributed by atoms with Crippen molar-refractivity contribution in [2.24, 2.45) is 0 Å². The number of allylic oxidation sites excluding steroid dienone is 1. The summed E-state index contributed by atoms with van der Waals surface area (Å²) in [6.45, 7) is 8.21. The molecule has 0 spiro atoms. The van der Waals surface area contributed by atoms with Crippen LogP contribution in [0.2, 0.25) is 0 Å². The van der Waals surface area contributed by atoms with Gasteiger partial charge in [-0.25, -0.2) is 18.4 Å². The SMILES string of the molecule is C=CCCC(F)(F)CCC(NC(=O)OC(C)(C)C)C(=O)O. The standard InChI is InChI=1S/C14H23F2NO4/c1-5-6-8-14(15,16)9-7-10(11(18)19)17-12(20)21-13(2,3)4/h5,10H,1,6-9H2,2-4H3,(H,17,20)(H,18,19). The summed E-state index contributed by atoms with van der Waals surface area (Å²) in [5.74, 6) is -4.36. The summed E-state index contributed by atoms with van der Waals surface area (Å²) in [5, 5.41) is 11.0. The van der Waals surface area contributed by atoms with E-state index in [9.17, 15) is 18.4 Å². The third-order valence-corrected chi connectivity index (χ3v) is 2.50. The van der Waals surface area contributed by atoms with E-state index >= 15 is 0 Å². The molecule has 21 heavy (non-hydrogen) atoms. The predicted molar refractivity (Wildman–Crippen MR) is 74.4 cm³/mol. The zero-order valence-corrected chi connectivity index (χ0v) is 12.6. The summed E-state index contributed by atoms with van der Waals surface area (Å²) in [6, 6.07) is -1.41. The fraction of sp³-hybridized carbons (Fsp3) is 0.714. The number of carboxylic acids is 1. The Bertz CT molecular complexity index is 378. The van der Waals surface area contributed by atoms with E-state index < -0.39 is 42.5 Å². The molecule has 2 N–H and O–H groups in total. The number of alkyl halides is 2. The molecule has 0 radical (unpaired) electrons. The molecule has 0 aliphatic rings. The van der Waals surface area contributed by atoms with Gasteiger partial charge in [-0.1, -0.05) is 6.08 Å². The Balaban J connectivity index is 4.47. The van der Waals surface area contributed by atoms with Crippen LogP contribution in [0.4, 0.5) is 13.6 Å². The van der Waals surface area contributed by atoms with Gasteiger partial charge in [-0.3, -0.25) is 0 Å². The molecule has 0 aromatic carbocycles. The molecule has 122 valence electrons. The number of nitrogens with one attached hydrogen (secondary N) is 1. The molecule has 0 rings (SSSR count). The van der Waals surface area contributed by atoms with Crippen molar-refractivity contribution in [2.75, 3.05) is 0 Å². The highest BCUT2D eigenvalue weighted by molar-refractivity contribution is 5.79. The first-order valence-corrected chi connectivity index (χ1v) is 6.68. The van der Waals surface area contributed by atoms with Gasteiger partial charge in [-0.2, -0.15) is 0 Å². The fourth-order valence-electron chi connectivity index (χ4n) is 1.50. The number of amides is 1. The summed E-state index contributed by atoms with van der Waals surface area (Å²) < 4.78 is 31.8. The van der Waals surface area contributed by atoms with Crippen LogP contribution in [0.15, 0.2) is 12.7 Å². The number of ether oxygens (including phenoxy) is 1. The van der Waals surface area contributed by atoms with Gasteiger partial charge in [0.05, 0.1) is 0 Å². The van der Waals surface area contributed by atoms with Crippen molar-refractivity contribution in [3.05, 3.63) is 12.7 Å². The maximum Gasteiger partial charge on any atom is 0.408 e. The number of aliphatic carboxylic acids is 1. The Kier molecular flexibility index (Phi) is 7.32. The summed E-state index contributed by atoms with van der Waals surface area (Å²) in [7, 11) is 0. The summed E-state index contributed by atoms with van der Waals surface area (Å²) in [5.41, 5.74) is -0.791. The van der Waals surface area contributed by atoms with Gasteiger partial charge in [0.15, 0.2) is 0 Å². The number of rotatable bonds is 8. The van der Waals surface area contributed by atoms with E-state index in [1.54, 1.807) is 20.8 Å². The lowest BCUT2D eigenvalue weighted by molar-refractivity contribution is -0.140. The molecule has 0 bridgehead atoms. The molecule has 0 aromatic heterocycles. The second-order valence-corrected chi connectivity index (χ2v) is 5.76. The molecule has 0 saturated heterocycles. The van der Waals surface area contributed by atoms with Gasteiger partial charge >= 0.3 is 12.1 Å². The van der Waals surface area contributed by atoms with Crippen molar-refractivity contribution in [3.8, 4) is 0 Å². The summed E-state index contributed by atoms with van der Waals surface area (Å²) in [4.78, 5) is 22.5. The molecule has 1 amide bonds. The zero-order chi connectivity index (χ0) is 16.7. The van der Waals surface area contributed by atoms with Gasteiger partial charge in [0.25, 0.3) is 0 Å². The first-order valence-electron chi connectivity index (χ1n) is 6.68. The molecule has 7 heteroatoms. The minimum Gasteiger partial charge on any atom is -0.480 e. The summed E-state index contributed by atoms with van der Waals surface area (Å²) >= 11 is 0. The van der Waals surface area contributed by atoms with Crippen molar-refractivity contribution in [1.82, 2.24) is 5.32 Å². The van der Waals surface area contributed by atoms with Gasteiger partial charge in [0.1, 0.15) is 11.6 Å². The van der Waals surface area contributed by atoms with Crippen LogP contribution in [-0.4, -0.2) is 34.7 Å². The molecule has 1 atom stereocenters. The maximum atomic E-state index is 13.5. The number of carbonyl (C=O) groups excluding carboxylic acids is 1. The number of alkyl carbamates (subject to hydrolysis) is 1. The molecule has 0 fully saturated rings. The molecule has 0 heterocycles. The molecular weight excluding hydrogens is 284 g/mol. The fourth-order valence-corrected chi connectivity index (χ4v) is 1.50. The normalized spacial score (nSPS) is 13.4. The van der Waals surface area contributed by atoms with Crippen LogP contribution in [0.25, 0.3) is 0 Å². The number of halogens is 2. The van der Waals surface area contributed by atoms with E-state index in [2.05, 4.69) is 11.9 Å². The maximum absolute atomic E-state index is 13.5. The first kappa shape index (κ1) is 19.3. The van der Waals surface area contributed by atoms with E-state index in [4.69, 9.17) is 9.84 Å². The van der Waals surface area contributed by atoms with Crippen LogP contribution in [0, 0.1) is 0 Å². The van der Waals surface area contributed by atoms with E-state index in [1.165, 1.54) is 6.08 Å². The third-order valence-electron chi connectivity index (χ3n) is 2.50. The number of carboxylic acid groups (broad SMARTS) is 1. The quantitative estimate of drug-likeness (QED) is 0.674. The van der Waals surface area contributed by atoms with Crippen molar-refractivity contribution in [2.45, 2.75) is 64.0 Å². The van der Waals surface area contributed by atoms with E-state index in [1.807, 2.05) is 0 Å². The zero-order valence-electron chi connectivity index (χ0n) is 12.6. The van der Waals surface area contributed by atoms with E-state index in [-0.39, 0.29) is 12.8 Å². The van der Waals surface area contributed by atoms with Gasteiger partial charge in [-0.05, 0) is 33.6 Å². The highest BCUT2D eigenvalue weighted by atomic mass is 19.3. The summed E-state index contributed by atoms with van der Waals surface area (Å²) in [6.07, 6.45) is -0.822. The largest absolute Gasteiger partial charge is 0.480 e. The molecule has 0 aliphatic heterocycles. The second-order valence-electron chi connectivity index (χ2n) is 5.76. The van der Waals surface area contributed by atoms with Crippen LogP contribution in [0.3, 0.4) is 0 Å². The molecule has 0 aromatic rings. The van der Waals surface area contributed by atoms with E-state index in [0.717, 1.165) is 0 Å². The Morgan fingerprint density at radius 3 is 2.33 bits per heavy atom. The topological polar surface area (TPSA) is 75.6 Å². The van der Waals surface area contributed by atoms with Crippen molar-refractivity contribution >= 4 is 12.1 Å². The van der Waals surface area contributed by atoms with Crippen LogP contribution < -0.4 is 5.32 Å². The van der Waals surface area contributed by atoms with Crippen LogP contribution in [0.1, 0.15) is 46.5 Å². The van der Waals surface area contributed by atoms with Gasteiger partial charge in [0.2, 0.25) is 5.92 Å². The average Bonchev–Trinajstić information content (AvgIpc) is 2.29. The molecule has 0 saturated carbocycles. The number of carbonyl (C=O) groups is 2. The van der Waals surface area contributed by atoms with Crippen molar-refractivity contribution in [3.63, 3.8) is 0 Å². The smallest absolute Gasteiger partial charge is 0.408 e. The van der Waals surface area contributed by atoms with Gasteiger partial charge < -0.3 is 15.2 Å². The average molecular weight is 307 g/mol. The Morgan fingerprint density at radius 2 is 1.90 bits per heavy atom. The lowest BCUT2D eigenvalue weighted by Gasteiger charge is -2.23.